The molecule has 2 aromatic heterocycles. The van der Waals surface area contributed by atoms with E-state index in [0.29, 0.717) is 0 Å². The Morgan fingerprint density at radius 3 is 2.83 bits per heavy atom. The van der Waals surface area contributed by atoms with Crippen LogP contribution in [0.25, 0.3) is 0 Å². The average Bonchev–Trinajstić information content (AvgIpc) is 2.99. The maximum Gasteiger partial charge on any atom is 0.252 e. The highest BCUT2D eigenvalue weighted by molar-refractivity contribution is 5.14. The number of nitriles is 1. The third-order valence-corrected chi connectivity index (χ3v) is 2.82. The van der Waals surface area contributed by atoms with Crippen molar-refractivity contribution >= 4 is 0 Å². The summed E-state index contributed by atoms with van der Waals surface area (Å²) >= 11 is 0. The lowest BCUT2D eigenvalue weighted by Gasteiger charge is -2.20. The van der Waals surface area contributed by atoms with Crippen LogP contribution in [-0.4, -0.2) is 20.8 Å². The molecule has 0 aromatic carbocycles. The van der Waals surface area contributed by atoms with Crippen LogP contribution in [-0.2, 0) is 0 Å². The molecule has 2 unspecified atom stereocenters. The highest BCUT2D eigenvalue weighted by Gasteiger charge is 2.25. The highest BCUT2D eigenvalue weighted by atomic mass is 16.3. The number of aromatic nitrogens is 3. The van der Waals surface area contributed by atoms with E-state index in [-0.39, 0.29) is 17.9 Å². The Balaban J connectivity index is 2.40. The van der Waals surface area contributed by atoms with Crippen molar-refractivity contribution in [3.8, 4) is 6.07 Å². The molecule has 2 atom stereocenters. The molecular formula is C12H15N5O. The predicted molar refractivity (Wildman–Crippen MR) is 64.6 cm³/mol. The van der Waals surface area contributed by atoms with Gasteiger partial charge in [0.25, 0.3) is 5.82 Å². The summed E-state index contributed by atoms with van der Waals surface area (Å²) in [5.74, 6) is 1.68. The van der Waals surface area contributed by atoms with E-state index in [1.165, 1.54) is 6.33 Å². The second kappa shape index (κ2) is 5.02. The van der Waals surface area contributed by atoms with Crippen LogP contribution in [0.5, 0.6) is 0 Å². The molecule has 2 N–H and O–H groups in total. The van der Waals surface area contributed by atoms with Crippen LogP contribution in [0.2, 0.25) is 0 Å². The van der Waals surface area contributed by atoms with Gasteiger partial charge >= 0.3 is 0 Å². The Morgan fingerprint density at radius 2 is 2.33 bits per heavy atom. The molecule has 6 nitrogen and oxygen atoms in total. The molecule has 2 aromatic rings. The maximum absolute atomic E-state index is 8.76. The van der Waals surface area contributed by atoms with E-state index in [2.05, 4.69) is 10.1 Å². The molecule has 6 heteroatoms. The standard InChI is InChI=1S/C12H15N5O/c1-3-9(14)12(10-5-4-8(2)18-10)17-7-15-11(6-13)16-17/h4-5,7,9,12H,3,14H2,1-2H3. The van der Waals surface area contributed by atoms with Crippen LogP contribution in [0.4, 0.5) is 0 Å². The molecule has 0 saturated carbocycles. The van der Waals surface area contributed by atoms with E-state index in [1.54, 1.807) is 4.68 Å². The first-order valence-electron chi connectivity index (χ1n) is 5.79. The van der Waals surface area contributed by atoms with E-state index in [0.717, 1.165) is 17.9 Å². The van der Waals surface area contributed by atoms with E-state index < -0.39 is 0 Å². The number of hydrogen-bond acceptors (Lipinski definition) is 5. The number of rotatable bonds is 4. The van der Waals surface area contributed by atoms with E-state index in [9.17, 15) is 0 Å². The summed E-state index contributed by atoms with van der Waals surface area (Å²) in [7, 11) is 0. The molecule has 2 heterocycles. The van der Waals surface area contributed by atoms with Crippen LogP contribution in [0.1, 0.15) is 36.7 Å². The van der Waals surface area contributed by atoms with Gasteiger partial charge in [-0.15, -0.1) is 5.10 Å². The summed E-state index contributed by atoms with van der Waals surface area (Å²) < 4.78 is 7.20. The van der Waals surface area contributed by atoms with Gasteiger partial charge in [0.15, 0.2) is 0 Å². The third-order valence-electron chi connectivity index (χ3n) is 2.82. The van der Waals surface area contributed by atoms with Crippen LogP contribution in [0, 0.1) is 18.3 Å². The first-order valence-corrected chi connectivity index (χ1v) is 5.79. The second-order valence-electron chi connectivity index (χ2n) is 4.13. The zero-order valence-electron chi connectivity index (χ0n) is 10.4. The average molecular weight is 245 g/mol. The van der Waals surface area contributed by atoms with E-state index in [4.69, 9.17) is 15.4 Å². The fourth-order valence-electron chi connectivity index (χ4n) is 1.83. The monoisotopic (exact) mass is 245 g/mol. The first kappa shape index (κ1) is 12.3. The molecule has 0 fully saturated rings. The van der Waals surface area contributed by atoms with E-state index >= 15 is 0 Å². The summed E-state index contributed by atoms with van der Waals surface area (Å²) in [6.45, 7) is 3.87. The molecule has 0 aliphatic carbocycles. The van der Waals surface area contributed by atoms with Gasteiger partial charge in [-0.3, -0.25) is 0 Å². The summed E-state index contributed by atoms with van der Waals surface area (Å²) in [5, 5.41) is 12.8. The normalized spacial score (nSPS) is 14.1. The van der Waals surface area contributed by atoms with Crippen LogP contribution >= 0.6 is 0 Å². The van der Waals surface area contributed by atoms with Gasteiger partial charge in [-0.2, -0.15) is 5.26 Å². The zero-order valence-corrected chi connectivity index (χ0v) is 10.4. The number of aryl methyl sites for hydroxylation is 1. The first-order chi connectivity index (χ1) is 8.65. The largest absolute Gasteiger partial charge is 0.464 e. The topological polar surface area (TPSA) is 93.7 Å². The summed E-state index contributed by atoms with van der Waals surface area (Å²) in [6.07, 6.45) is 2.28. The van der Waals surface area contributed by atoms with E-state index in [1.807, 2.05) is 32.0 Å². The molecule has 0 saturated heterocycles. The summed E-state index contributed by atoms with van der Waals surface area (Å²) in [4.78, 5) is 3.90. The molecule has 0 spiro atoms. The number of hydrogen-bond donors (Lipinski definition) is 1. The van der Waals surface area contributed by atoms with Gasteiger partial charge in [-0.05, 0) is 25.5 Å². The lowest BCUT2D eigenvalue weighted by Crippen LogP contribution is -2.32. The van der Waals surface area contributed by atoms with Gasteiger partial charge in [-0.1, -0.05) is 6.92 Å². The minimum absolute atomic E-state index is 0.131. The Kier molecular flexibility index (Phi) is 3.44. The van der Waals surface area contributed by atoms with Crippen molar-refractivity contribution < 1.29 is 4.42 Å². The van der Waals surface area contributed by atoms with Gasteiger partial charge in [0.2, 0.25) is 0 Å². The Labute approximate surface area is 105 Å². The molecule has 18 heavy (non-hydrogen) atoms. The van der Waals surface area contributed by atoms with Crippen molar-refractivity contribution in [1.29, 1.82) is 5.26 Å². The molecule has 0 aliphatic rings. The molecule has 94 valence electrons. The lowest BCUT2D eigenvalue weighted by molar-refractivity contribution is 0.344. The van der Waals surface area contributed by atoms with Gasteiger partial charge in [0, 0.05) is 6.04 Å². The minimum atomic E-state index is -0.238. The lowest BCUT2D eigenvalue weighted by atomic mass is 10.0. The second-order valence-corrected chi connectivity index (χ2v) is 4.13. The van der Waals surface area contributed by atoms with Crippen LogP contribution in [0.15, 0.2) is 22.9 Å². The Bertz CT molecular complexity index is 565. The third kappa shape index (κ3) is 2.26. The number of furan rings is 1. The van der Waals surface area contributed by atoms with Gasteiger partial charge < -0.3 is 10.2 Å². The quantitative estimate of drug-likeness (QED) is 0.878. The molecule has 2 rings (SSSR count). The molecule has 0 bridgehead atoms. The van der Waals surface area contributed by atoms with Gasteiger partial charge in [-0.25, -0.2) is 9.67 Å². The smallest absolute Gasteiger partial charge is 0.252 e. The van der Waals surface area contributed by atoms with Crippen molar-refractivity contribution in [2.45, 2.75) is 32.4 Å². The van der Waals surface area contributed by atoms with Crippen LogP contribution < -0.4 is 5.73 Å². The zero-order chi connectivity index (χ0) is 13.1. The summed E-state index contributed by atoms with van der Waals surface area (Å²) in [5.41, 5.74) is 6.11. The van der Waals surface area contributed by atoms with Gasteiger partial charge in [0.05, 0.1) is 0 Å². The minimum Gasteiger partial charge on any atom is -0.464 e. The molecule has 0 radical (unpaired) electrons. The van der Waals surface area contributed by atoms with Crippen molar-refractivity contribution in [1.82, 2.24) is 14.8 Å². The Morgan fingerprint density at radius 1 is 1.56 bits per heavy atom. The van der Waals surface area contributed by atoms with Crippen LogP contribution in [0.3, 0.4) is 0 Å². The SMILES string of the molecule is CCC(N)C(c1ccc(C)o1)n1cnc(C#N)n1. The Hall–Kier alpha value is -2.13. The molecular weight excluding hydrogens is 230 g/mol. The van der Waals surface area contributed by atoms with Crippen molar-refractivity contribution in [2.75, 3.05) is 0 Å². The van der Waals surface area contributed by atoms with Crippen molar-refractivity contribution in [3.05, 3.63) is 35.8 Å². The highest BCUT2D eigenvalue weighted by Crippen LogP contribution is 2.23. The predicted octanol–water partition coefficient (Wildman–Crippen LogP) is 1.38. The van der Waals surface area contributed by atoms with Gasteiger partial charge in [0.1, 0.15) is 30.0 Å². The molecule has 0 amide bonds. The number of nitrogens with two attached hydrogens (primary N) is 1. The summed E-state index contributed by atoms with van der Waals surface area (Å²) in [6, 6.07) is 5.27. The fourth-order valence-corrected chi connectivity index (χ4v) is 1.83. The van der Waals surface area contributed by atoms with Crippen molar-refractivity contribution in [2.24, 2.45) is 5.73 Å². The number of nitrogens with zero attached hydrogens (tertiary/aromatic N) is 4. The fraction of sp³-hybridized carbons (Fsp3) is 0.417. The van der Waals surface area contributed by atoms with Crippen molar-refractivity contribution in [3.63, 3.8) is 0 Å². The molecule has 0 aliphatic heterocycles. The maximum atomic E-state index is 8.76.